The molecule has 1 heterocycles. The Morgan fingerprint density at radius 2 is 1.61 bits per heavy atom. The highest BCUT2D eigenvalue weighted by atomic mass is 14.7. The first-order valence-corrected chi connectivity index (χ1v) is 14.1. The molecule has 182 valence electrons. The van der Waals surface area contributed by atoms with E-state index in [1.165, 1.54) is 100 Å². The number of hydrogen-bond acceptors (Lipinski definition) is 1. The number of rotatable bonds is 3. The summed E-state index contributed by atoms with van der Waals surface area (Å²) in [5.41, 5.74) is 13.0. The van der Waals surface area contributed by atoms with Crippen molar-refractivity contribution in [3.8, 4) is 22.4 Å². The maximum absolute atomic E-state index is 5.25. The van der Waals surface area contributed by atoms with Gasteiger partial charge in [-0.2, -0.15) is 0 Å². The summed E-state index contributed by atoms with van der Waals surface area (Å²) in [4.78, 5) is 5.25. The van der Waals surface area contributed by atoms with Crippen LogP contribution in [0.5, 0.6) is 0 Å². The summed E-state index contributed by atoms with van der Waals surface area (Å²) in [6.07, 6.45) is 12.6. The van der Waals surface area contributed by atoms with E-state index < -0.39 is 0 Å². The number of hydrogen-bond donors (Lipinski definition) is 0. The molecule has 3 aliphatic rings. The molecular weight excluding hydrogens is 434 g/mol. The van der Waals surface area contributed by atoms with E-state index in [0.717, 1.165) is 6.42 Å². The molecule has 7 rings (SSSR count). The molecule has 1 heteroatoms. The van der Waals surface area contributed by atoms with Crippen molar-refractivity contribution in [3.05, 3.63) is 88.6 Å². The summed E-state index contributed by atoms with van der Waals surface area (Å²) >= 11 is 0. The quantitative estimate of drug-likeness (QED) is 0.255. The minimum Gasteiger partial charge on any atom is -0.255 e. The van der Waals surface area contributed by atoms with E-state index >= 15 is 0 Å². The van der Waals surface area contributed by atoms with Gasteiger partial charge < -0.3 is 0 Å². The Labute approximate surface area is 216 Å². The smallest absolute Gasteiger partial charge is 0.0783 e. The largest absolute Gasteiger partial charge is 0.255 e. The van der Waals surface area contributed by atoms with Gasteiger partial charge in [-0.3, -0.25) is 4.98 Å². The van der Waals surface area contributed by atoms with E-state index in [1.807, 2.05) is 0 Å². The Bertz CT molecular complexity index is 1480. The lowest BCUT2D eigenvalue weighted by Crippen LogP contribution is -2.05. The fourth-order valence-electron chi connectivity index (χ4n) is 7.62. The van der Waals surface area contributed by atoms with Gasteiger partial charge in [0.25, 0.3) is 0 Å². The van der Waals surface area contributed by atoms with Gasteiger partial charge in [0.15, 0.2) is 0 Å². The summed E-state index contributed by atoms with van der Waals surface area (Å²) in [7, 11) is 0. The molecule has 0 bridgehead atoms. The zero-order chi connectivity index (χ0) is 24.4. The molecule has 0 amide bonds. The second-order valence-corrected chi connectivity index (χ2v) is 12.6. The van der Waals surface area contributed by atoms with Crippen LogP contribution in [0.3, 0.4) is 0 Å². The van der Waals surface area contributed by atoms with Gasteiger partial charge in [0.1, 0.15) is 0 Å². The number of fused-ring (bicyclic) bond motifs is 4. The van der Waals surface area contributed by atoms with Crippen LogP contribution in [0.15, 0.2) is 60.8 Å². The van der Waals surface area contributed by atoms with Crippen LogP contribution in [0.4, 0.5) is 0 Å². The minimum atomic E-state index is 0.467. The molecule has 1 nitrogen and oxygen atoms in total. The van der Waals surface area contributed by atoms with Crippen molar-refractivity contribution >= 4 is 10.8 Å². The maximum atomic E-state index is 5.25. The molecule has 3 aliphatic carbocycles. The lowest BCUT2D eigenvalue weighted by Gasteiger charge is -2.20. The summed E-state index contributed by atoms with van der Waals surface area (Å²) < 4.78 is 0. The van der Waals surface area contributed by atoms with Crippen LogP contribution >= 0.6 is 0 Å². The molecule has 2 fully saturated rings. The normalized spacial score (nSPS) is 20.7. The highest BCUT2D eigenvalue weighted by Gasteiger charge is 2.32. The van der Waals surface area contributed by atoms with Crippen molar-refractivity contribution in [2.45, 2.75) is 84.0 Å². The van der Waals surface area contributed by atoms with Gasteiger partial charge >= 0.3 is 0 Å². The molecule has 1 aromatic heterocycles. The zero-order valence-corrected chi connectivity index (χ0v) is 22.0. The Balaban J connectivity index is 1.42. The summed E-state index contributed by atoms with van der Waals surface area (Å²) in [6, 6.07) is 21.1. The molecule has 3 aromatic carbocycles. The molecule has 4 aromatic rings. The molecule has 0 aliphatic heterocycles. The molecule has 0 N–H and O–H groups in total. The van der Waals surface area contributed by atoms with Crippen LogP contribution in [0.1, 0.15) is 98.4 Å². The van der Waals surface area contributed by atoms with Crippen LogP contribution < -0.4 is 0 Å². The van der Waals surface area contributed by atoms with E-state index in [4.69, 9.17) is 4.98 Å². The summed E-state index contributed by atoms with van der Waals surface area (Å²) in [5, 5.41) is 2.82. The molecular formula is C35H37N. The minimum absolute atomic E-state index is 0.467. The molecule has 36 heavy (non-hydrogen) atoms. The van der Waals surface area contributed by atoms with Crippen LogP contribution in [-0.2, 0) is 6.42 Å². The highest BCUT2D eigenvalue weighted by Crippen LogP contribution is 2.48. The first-order chi connectivity index (χ1) is 17.5. The van der Waals surface area contributed by atoms with Crippen LogP contribution in [0.25, 0.3) is 33.2 Å². The van der Waals surface area contributed by atoms with Crippen molar-refractivity contribution in [3.63, 3.8) is 0 Å². The van der Waals surface area contributed by atoms with Crippen molar-refractivity contribution in [1.29, 1.82) is 0 Å². The fraction of sp³-hybridized carbons (Fsp3) is 0.400. The lowest BCUT2D eigenvalue weighted by molar-refractivity contribution is 0.376. The number of benzene rings is 3. The first-order valence-electron chi connectivity index (χ1n) is 14.1. The van der Waals surface area contributed by atoms with Gasteiger partial charge in [-0.15, -0.1) is 0 Å². The van der Waals surface area contributed by atoms with Gasteiger partial charge in [-0.05, 0) is 113 Å². The standard InChI is InChI=1S/C35H37N/c1-22-16-29-27-11-7-6-10-25(27)19-31(29)32(17-22)34-28-13-12-24(26-14-15-35(2,3)20-26)18-30(28)33(21-36-34)23-8-4-5-9-23/h6-7,10-13,16-18,21,23,26H,4-5,8-9,14-15,19-20H2,1-3H3. The average Bonchev–Trinajstić information content (AvgIpc) is 3.61. The van der Waals surface area contributed by atoms with E-state index in [0.29, 0.717) is 17.3 Å². The van der Waals surface area contributed by atoms with Crippen LogP contribution in [0, 0.1) is 12.3 Å². The Morgan fingerprint density at radius 1 is 0.806 bits per heavy atom. The molecule has 0 radical (unpaired) electrons. The number of aromatic nitrogens is 1. The molecule has 2 saturated carbocycles. The monoisotopic (exact) mass is 471 g/mol. The average molecular weight is 472 g/mol. The first kappa shape index (κ1) is 22.3. The molecule has 1 atom stereocenters. The van der Waals surface area contributed by atoms with E-state index in [9.17, 15) is 0 Å². The van der Waals surface area contributed by atoms with E-state index in [1.54, 1.807) is 5.56 Å². The van der Waals surface area contributed by atoms with Crippen LogP contribution in [-0.4, -0.2) is 4.98 Å². The molecule has 0 spiro atoms. The molecule has 0 saturated heterocycles. The number of nitrogens with zero attached hydrogens (tertiary/aromatic N) is 1. The predicted octanol–water partition coefficient (Wildman–Crippen LogP) is 9.73. The second-order valence-electron chi connectivity index (χ2n) is 12.6. The maximum Gasteiger partial charge on any atom is 0.0783 e. The third-order valence-corrected chi connectivity index (χ3v) is 9.50. The highest BCUT2D eigenvalue weighted by molar-refractivity contribution is 5.99. The Kier molecular flexibility index (Phi) is 5.14. The third-order valence-electron chi connectivity index (χ3n) is 9.50. The predicted molar refractivity (Wildman–Crippen MR) is 152 cm³/mol. The Morgan fingerprint density at radius 3 is 2.42 bits per heavy atom. The number of aryl methyl sites for hydroxylation is 1. The second kappa shape index (κ2) is 8.30. The molecule has 1 unspecified atom stereocenters. The fourth-order valence-corrected chi connectivity index (χ4v) is 7.62. The SMILES string of the molecule is Cc1cc2c(c(-c3ncc(C4CCCC4)c4cc(C5CCC(C)(C)C5)ccc34)c1)Cc1ccccc1-2. The summed E-state index contributed by atoms with van der Waals surface area (Å²) in [5.74, 6) is 1.35. The van der Waals surface area contributed by atoms with E-state index in [-0.39, 0.29) is 0 Å². The Hall–Kier alpha value is -2.93. The van der Waals surface area contributed by atoms with Crippen molar-refractivity contribution in [1.82, 2.24) is 4.98 Å². The zero-order valence-electron chi connectivity index (χ0n) is 22.0. The van der Waals surface area contributed by atoms with Gasteiger partial charge in [-0.25, -0.2) is 0 Å². The lowest BCUT2D eigenvalue weighted by atomic mass is 9.85. The van der Waals surface area contributed by atoms with Crippen LogP contribution in [0.2, 0.25) is 0 Å². The van der Waals surface area contributed by atoms with E-state index in [2.05, 4.69) is 81.6 Å². The van der Waals surface area contributed by atoms with Crippen molar-refractivity contribution in [2.75, 3.05) is 0 Å². The van der Waals surface area contributed by atoms with Crippen molar-refractivity contribution < 1.29 is 0 Å². The van der Waals surface area contributed by atoms with Gasteiger partial charge in [0, 0.05) is 17.1 Å². The number of pyridine rings is 1. The van der Waals surface area contributed by atoms with Gasteiger partial charge in [0.05, 0.1) is 5.69 Å². The topological polar surface area (TPSA) is 12.9 Å². The van der Waals surface area contributed by atoms with Gasteiger partial charge in [0.2, 0.25) is 0 Å². The van der Waals surface area contributed by atoms with Crippen molar-refractivity contribution in [2.24, 2.45) is 5.41 Å². The third kappa shape index (κ3) is 3.62. The summed E-state index contributed by atoms with van der Waals surface area (Å²) in [6.45, 7) is 7.12. The van der Waals surface area contributed by atoms with Gasteiger partial charge in [-0.1, -0.05) is 75.2 Å².